The zero-order chi connectivity index (χ0) is 22.6. The van der Waals surface area contributed by atoms with E-state index in [0.29, 0.717) is 6.42 Å². The zero-order valence-corrected chi connectivity index (χ0v) is 19.1. The molecule has 4 N–H and O–H groups in total. The molecule has 29 heavy (non-hydrogen) atoms. The van der Waals surface area contributed by atoms with Crippen molar-refractivity contribution in [1.82, 2.24) is 5.32 Å². The molecule has 1 amide bonds. The first-order valence-corrected chi connectivity index (χ1v) is 10.4. The minimum atomic E-state index is -0.917. The fraction of sp³-hybridized carbons (Fsp3) is 0.857. The lowest BCUT2D eigenvalue weighted by molar-refractivity contribution is -0.145. The van der Waals surface area contributed by atoms with Gasteiger partial charge in [0.25, 0.3) is 0 Å². The fourth-order valence-electron chi connectivity index (χ4n) is 3.63. The first kappa shape index (κ1) is 25.2. The fourth-order valence-corrected chi connectivity index (χ4v) is 3.63. The van der Waals surface area contributed by atoms with Gasteiger partial charge in [0.2, 0.25) is 0 Å². The van der Waals surface area contributed by atoms with E-state index in [-0.39, 0.29) is 23.4 Å². The molecule has 1 aliphatic carbocycles. The van der Waals surface area contributed by atoms with Crippen LogP contribution < -0.4 is 11.1 Å². The van der Waals surface area contributed by atoms with Crippen molar-refractivity contribution in [3.8, 4) is 0 Å². The van der Waals surface area contributed by atoms with Crippen molar-refractivity contribution < 1.29 is 24.3 Å². The molecule has 8 nitrogen and oxygen atoms in total. The Hall–Kier alpha value is -1.83. The predicted octanol–water partition coefficient (Wildman–Crippen LogP) is 3.54. The number of hydrogen-bond donors (Lipinski definition) is 3. The van der Waals surface area contributed by atoms with Crippen LogP contribution in [0.15, 0.2) is 5.16 Å². The smallest absolute Gasteiger partial charge is 0.407 e. The maximum Gasteiger partial charge on any atom is 0.407 e. The van der Waals surface area contributed by atoms with Crippen molar-refractivity contribution in [3.63, 3.8) is 0 Å². The van der Waals surface area contributed by atoms with Crippen LogP contribution in [-0.4, -0.2) is 46.2 Å². The van der Waals surface area contributed by atoms with E-state index in [0.717, 1.165) is 18.6 Å². The lowest BCUT2D eigenvalue weighted by Gasteiger charge is -2.25. The molecule has 168 valence electrons. The van der Waals surface area contributed by atoms with Crippen LogP contribution in [0.5, 0.6) is 0 Å². The number of hydrogen-bond acceptors (Lipinski definition) is 6. The Labute approximate surface area is 174 Å². The number of oxime groups is 1. The number of amides is 1. The van der Waals surface area contributed by atoms with Crippen LogP contribution in [-0.2, 0) is 14.4 Å². The summed E-state index contributed by atoms with van der Waals surface area (Å²) in [5, 5.41) is 16.5. The summed E-state index contributed by atoms with van der Waals surface area (Å²) in [5.74, 6) is -1.57. The second kappa shape index (κ2) is 9.78. The predicted molar refractivity (Wildman–Crippen MR) is 113 cm³/mol. The average molecular weight is 414 g/mol. The highest BCUT2D eigenvalue weighted by Crippen LogP contribution is 2.41. The summed E-state index contributed by atoms with van der Waals surface area (Å²) >= 11 is 0. The number of alkyl carbamates (subject to hydrolysis) is 1. The summed E-state index contributed by atoms with van der Waals surface area (Å²) in [4.78, 5) is 29.2. The van der Waals surface area contributed by atoms with Gasteiger partial charge in [-0.15, -0.1) is 0 Å². The van der Waals surface area contributed by atoms with Crippen molar-refractivity contribution in [2.75, 3.05) is 0 Å². The molecule has 0 spiro atoms. The number of ether oxygens (including phenoxy) is 1. The molecule has 2 rings (SSSR count). The van der Waals surface area contributed by atoms with E-state index < -0.39 is 29.7 Å². The molecule has 0 aromatic heterocycles. The Bertz CT molecular complexity index is 596. The Balaban J connectivity index is 0.000000749. The molecule has 0 saturated heterocycles. The van der Waals surface area contributed by atoms with Crippen molar-refractivity contribution >= 4 is 17.8 Å². The molecule has 1 aliphatic heterocycles. The van der Waals surface area contributed by atoms with E-state index in [9.17, 15) is 14.7 Å². The van der Waals surface area contributed by atoms with Crippen LogP contribution in [0.3, 0.4) is 0 Å². The molecule has 2 aliphatic rings. The second-order valence-corrected chi connectivity index (χ2v) is 9.92. The highest BCUT2D eigenvalue weighted by atomic mass is 16.6. The number of nitrogens with two attached hydrogens (primary N) is 1. The van der Waals surface area contributed by atoms with Crippen molar-refractivity contribution in [2.24, 2.45) is 28.6 Å². The van der Waals surface area contributed by atoms with Crippen LogP contribution in [0.2, 0.25) is 0 Å². The van der Waals surface area contributed by atoms with Crippen LogP contribution in [0.1, 0.15) is 74.7 Å². The summed E-state index contributed by atoms with van der Waals surface area (Å²) in [5.41, 5.74) is 5.62. The van der Waals surface area contributed by atoms with Crippen LogP contribution in [0.25, 0.3) is 0 Å². The van der Waals surface area contributed by atoms with Gasteiger partial charge < -0.3 is 25.7 Å². The summed E-state index contributed by atoms with van der Waals surface area (Å²) in [6.45, 7) is 15.4. The normalized spacial score (nSPS) is 26.1. The van der Waals surface area contributed by atoms with E-state index in [2.05, 4.69) is 24.3 Å². The molecule has 1 fully saturated rings. The summed E-state index contributed by atoms with van der Waals surface area (Å²) < 4.78 is 5.31. The molecule has 4 atom stereocenters. The number of carbonyl (C=O) groups is 2. The third-order valence-electron chi connectivity index (χ3n) is 4.74. The lowest BCUT2D eigenvalue weighted by atomic mass is 9.84. The molecule has 0 aromatic carbocycles. The number of carboxylic acid groups (broad SMARTS) is 1. The van der Waals surface area contributed by atoms with Crippen LogP contribution >= 0.6 is 0 Å². The van der Waals surface area contributed by atoms with E-state index in [1.54, 1.807) is 20.8 Å². The highest BCUT2D eigenvalue weighted by molar-refractivity contribution is 5.92. The van der Waals surface area contributed by atoms with Gasteiger partial charge in [0, 0.05) is 17.5 Å². The van der Waals surface area contributed by atoms with Gasteiger partial charge in [0.15, 0.2) is 6.10 Å². The third kappa shape index (κ3) is 7.84. The molecule has 0 bridgehead atoms. The SMILES string of the molecule is CC(C)(C)N.CCC(CC)C1=NO[C@@H]2[C@H]1[C@@H](NC(=O)OC(C)(C)C)C[C@H]2C(=O)O. The Morgan fingerprint density at radius 3 is 2.17 bits per heavy atom. The number of nitrogens with zero attached hydrogens (tertiary/aromatic N) is 1. The van der Waals surface area contributed by atoms with Crippen LogP contribution in [0.4, 0.5) is 4.79 Å². The lowest BCUT2D eigenvalue weighted by Crippen LogP contribution is -2.45. The summed E-state index contributed by atoms with van der Waals surface area (Å²) in [7, 11) is 0. The number of carboxylic acids is 1. The molecule has 0 radical (unpaired) electrons. The minimum absolute atomic E-state index is 0. The largest absolute Gasteiger partial charge is 0.481 e. The number of nitrogens with one attached hydrogen (secondary N) is 1. The maximum atomic E-state index is 12.1. The molecule has 0 aromatic rings. The molecular formula is C21H39N3O5. The van der Waals surface area contributed by atoms with E-state index in [1.165, 1.54) is 0 Å². The van der Waals surface area contributed by atoms with E-state index in [4.69, 9.17) is 15.3 Å². The Kier molecular flexibility index (Phi) is 8.50. The third-order valence-corrected chi connectivity index (χ3v) is 4.74. The van der Waals surface area contributed by atoms with Gasteiger partial charge in [-0.3, -0.25) is 4.79 Å². The van der Waals surface area contributed by atoms with Crippen LogP contribution in [0, 0.1) is 17.8 Å². The first-order chi connectivity index (χ1) is 13.2. The van der Waals surface area contributed by atoms with Gasteiger partial charge in [-0.25, -0.2) is 4.79 Å². The van der Waals surface area contributed by atoms with E-state index >= 15 is 0 Å². The molecule has 8 heteroatoms. The van der Waals surface area contributed by atoms with Gasteiger partial charge in [0.1, 0.15) is 5.60 Å². The summed E-state index contributed by atoms with van der Waals surface area (Å²) in [6.07, 6.45) is 1.08. The standard InChI is InChI=1S/C17H28N2O5.C4H11N/c1-6-9(7-2)13-12-11(18-16(22)23-17(3,4)5)8-10(15(20)21)14(12)24-19-13;1-4(2,3)5/h9-12,14H,6-8H2,1-5H3,(H,18,22)(H,20,21);5H2,1-3H3/t10-,11+,12+,14+;/m1./s1. The monoisotopic (exact) mass is 413 g/mol. The van der Waals surface area contributed by atoms with E-state index in [1.807, 2.05) is 20.8 Å². The number of aliphatic carboxylic acids is 1. The number of carbonyl (C=O) groups excluding carboxylic acids is 1. The molecule has 0 unspecified atom stereocenters. The molecular weight excluding hydrogens is 374 g/mol. The number of fused-ring (bicyclic) bond motifs is 1. The Morgan fingerprint density at radius 2 is 1.76 bits per heavy atom. The van der Waals surface area contributed by atoms with Crippen molar-refractivity contribution in [1.29, 1.82) is 0 Å². The second-order valence-electron chi connectivity index (χ2n) is 9.92. The zero-order valence-electron chi connectivity index (χ0n) is 19.1. The van der Waals surface area contributed by atoms with Crippen molar-refractivity contribution in [3.05, 3.63) is 0 Å². The molecule has 1 heterocycles. The summed E-state index contributed by atoms with van der Waals surface area (Å²) in [6, 6.07) is -0.340. The molecule has 1 saturated carbocycles. The Morgan fingerprint density at radius 1 is 1.24 bits per heavy atom. The quantitative estimate of drug-likeness (QED) is 0.633. The highest BCUT2D eigenvalue weighted by Gasteiger charge is 2.55. The van der Waals surface area contributed by atoms with Gasteiger partial charge in [-0.05, 0) is 60.8 Å². The first-order valence-electron chi connectivity index (χ1n) is 10.4. The van der Waals surface area contributed by atoms with Crippen molar-refractivity contribution in [2.45, 2.75) is 97.9 Å². The average Bonchev–Trinajstić information content (AvgIpc) is 3.07. The maximum absolute atomic E-state index is 12.1. The topological polar surface area (TPSA) is 123 Å². The number of rotatable bonds is 5. The van der Waals surface area contributed by atoms with Gasteiger partial charge in [-0.1, -0.05) is 19.0 Å². The van der Waals surface area contributed by atoms with Gasteiger partial charge >= 0.3 is 12.1 Å². The van der Waals surface area contributed by atoms with Gasteiger partial charge in [-0.2, -0.15) is 0 Å². The minimum Gasteiger partial charge on any atom is -0.481 e. The van der Waals surface area contributed by atoms with Gasteiger partial charge in [0.05, 0.1) is 17.5 Å².